The Morgan fingerprint density at radius 3 is 2.50 bits per heavy atom. The third kappa shape index (κ3) is 2.50. The van der Waals surface area contributed by atoms with Gasteiger partial charge in [0.25, 0.3) is 0 Å². The highest BCUT2D eigenvalue weighted by Crippen LogP contribution is 2.16. The summed E-state index contributed by atoms with van der Waals surface area (Å²) in [7, 11) is 3.72. The Morgan fingerprint density at radius 2 is 2.00 bits per heavy atom. The molecule has 0 radical (unpaired) electrons. The van der Waals surface area contributed by atoms with Crippen LogP contribution in [-0.4, -0.2) is 6.54 Å². The highest BCUT2D eigenvalue weighted by atomic mass is 35.5. The van der Waals surface area contributed by atoms with Crippen LogP contribution in [0.2, 0.25) is 5.02 Å². The predicted octanol–water partition coefficient (Wildman–Crippen LogP) is 1.80. The third-order valence-corrected chi connectivity index (χ3v) is 2.21. The van der Waals surface area contributed by atoms with Crippen LogP contribution in [-0.2, 0) is 0 Å². The van der Waals surface area contributed by atoms with Crippen molar-refractivity contribution in [3.63, 3.8) is 0 Å². The Balaban J connectivity index is 2.68. The van der Waals surface area contributed by atoms with Crippen molar-refractivity contribution >= 4 is 11.6 Å². The lowest BCUT2D eigenvalue weighted by atomic mass is 10.0. The number of hydrogen-bond acceptors (Lipinski definition) is 0. The van der Waals surface area contributed by atoms with E-state index in [1.807, 2.05) is 17.4 Å². The summed E-state index contributed by atoms with van der Waals surface area (Å²) in [5, 5.41) is 2.74. The van der Waals surface area contributed by atoms with Gasteiger partial charge in [-0.05, 0) is 17.7 Å². The Hall–Kier alpha value is -0.530. The number of benzene rings is 1. The molecular weight excluding hydrogens is 170 g/mol. The van der Waals surface area contributed by atoms with Crippen molar-refractivity contribution in [3.05, 3.63) is 41.9 Å². The Bertz CT molecular complexity index is 230. The minimum Gasteiger partial charge on any atom is -0.478 e. The molecule has 0 bridgehead atoms. The molecule has 2 N–H and O–H groups in total. The van der Waals surface area contributed by atoms with Crippen molar-refractivity contribution in [2.24, 2.45) is 0 Å². The largest absolute Gasteiger partial charge is 0.478 e. The zero-order chi connectivity index (χ0) is 8.97. The second-order valence-electron chi connectivity index (χ2n) is 2.98. The van der Waals surface area contributed by atoms with Gasteiger partial charge < -0.3 is 5.32 Å². The molecule has 0 aromatic heterocycles. The Kier molecular flexibility index (Phi) is 3.57. The molecule has 1 aromatic rings. The number of nitrogens with two attached hydrogens (primary N) is 1. The smallest absolute Gasteiger partial charge is 0.0582 e. The first-order valence-electron chi connectivity index (χ1n) is 4.10. The third-order valence-electron chi connectivity index (χ3n) is 1.96. The van der Waals surface area contributed by atoms with Crippen LogP contribution in [0.3, 0.4) is 0 Å². The fourth-order valence-electron chi connectivity index (χ4n) is 1.18. The van der Waals surface area contributed by atoms with E-state index in [-0.39, 0.29) is 0 Å². The van der Waals surface area contributed by atoms with Gasteiger partial charge in [-0.1, -0.05) is 30.7 Å². The van der Waals surface area contributed by atoms with Crippen molar-refractivity contribution in [2.45, 2.75) is 12.8 Å². The molecule has 1 nitrogen and oxygen atoms in total. The normalized spacial score (nSPS) is 12.9. The number of halogens is 1. The monoisotopic (exact) mass is 183 g/mol. The molecule has 0 saturated carbocycles. The maximum Gasteiger partial charge on any atom is 0.0582 e. The molecule has 66 valence electrons. The van der Waals surface area contributed by atoms with Gasteiger partial charge >= 0.3 is 0 Å². The summed E-state index contributed by atoms with van der Waals surface area (Å²) in [6.45, 7) is 3.20. The predicted molar refractivity (Wildman–Crippen MR) is 52.0 cm³/mol. The van der Waals surface area contributed by atoms with E-state index in [2.05, 4.69) is 26.1 Å². The molecular formula is C10H14ClN. The molecule has 1 rings (SSSR count). The topological polar surface area (TPSA) is 16.6 Å². The summed E-state index contributed by atoms with van der Waals surface area (Å²) in [5.74, 6) is 0.541. The van der Waals surface area contributed by atoms with Crippen LogP contribution in [0.5, 0.6) is 0 Å². The second-order valence-corrected chi connectivity index (χ2v) is 3.41. The van der Waals surface area contributed by atoms with Crippen LogP contribution in [0, 0.1) is 7.05 Å². The summed E-state index contributed by atoms with van der Waals surface area (Å²) in [6.07, 6.45) is 0. The molecule has 1 aromatic carbocycles. The van der Waals surface area contributed by atoms with Crippen LogP contribution in [0.1, 0.15) is 18.4 Å². The molecule has 0 spiro atoms. The molecule has 1 unspecified atom stereocenters. The zero-order valence-electron chi connectivity index (χ0n) is 7.26. The van der Waals surface area contributed by atoms with Crippen molar-refractivity contribution in [1.82, 2.24) is 0 Å². The van der Waals surface area contributed by atoms with Crippen LogP contribution < -0.4 is 5.32 Å². The molecule has 0 fully saturated rings. The zero-order valence-corrected chi connectivity index (χ0v) is 8.01. The van der Waals surface area contributed by atoms with E-state index < -0.39 is 0 Å². The molecule has 0 aliphatic carbocycles. The quantitative estimate of drug-likeness (QED) is 0.689. The fourth-order valence-corrected chi connectivity index (χ4v) is 1.30. The Morgan fingerprint density at radius 1 is 1.42 bits per heavy atom. The van der Waals surface area contributed by atoms with Crippen molar-refractivity contribution < 1.29 is 5.32 Å². The van der Waals surface area contributed by atoms with Gasteiger partial charge in [0.2, 0.25) is 0 Å². The number of hydrogen-bond donors (Lipinski definition) is 1. The first kappa shape index (κ1) is 9.56. The summed E-state index contributed by atoms with van der Waals surface area (Å²) in [4.78, 5) is 0. The van der Waals surface area contributed by atoms with Gasteiger partial charge in [-0.2, -0.15) is 7.05 Å². The van der Waals surface area contributed by atoms with Gasteiger partial charge in [-0.15, -0.1) is 0 Å². The van der Waals surface area contributed by atoms with E-state index >= 15 is 0 Å². The van der Waals surface area contributed by atoms with Crippen LogP contribution in [0.25, 0.3) is 0 Å². The summed E-state index contributed by atoms with van der Waals surface area (Å²) >= 11 is 5.77. The van der Waals surface area contributed by atoms with Gasteiger partial charge in [0.1, 0.15) is 0 Å². The summed E-state index contributed by atoms with van der Waals surface area (Å²) in [5.41, 5.74) is 1.32. The molecule has 0 aliphatic rings. The van der Waals surface area contributed by atoms with Gasteiger partial charge in [0, 0.05) is 10.9 Å². The van der Waals surface area contributed by atoms with E-state index in [1.165, 1.54) is 5.56 Å². The second kappa shape index (κ2) is 4.48. The average molecular weight is 184 g/mol. The lowest BCUT2D eigenvalue weighted by Crippen LogP contribution is -2.77. The molecule has 0 saturated heterocycles. The SMILES string of the molecule is [CH2-][NH2+]CC(C)c1ccc(Cl)cc1. The maximum absolute atomic E-state index is 5.77. The van der Waals surface area contributed by atoms with Crippen molar-refractivity contribution in [3.8, 4) is 0 Å². The minimum atomic E-state index is 0.541. The molecule has 12 heavy (non-hydrogen) atoms. The molecule has 0 aliphatic heterocycles. The number of quaternary nitrogens is 1. The summed E-state index contributed by atoms with van der Waals surface area (Å²) in [6, 6.07) is 7.99. The van der Waals surface area contributed by atoms with Gasteiger partial charge in [-0.3, -0.25) is 0 Å². The lowest BCUT2D eigenvalue weighted by Gasteiger charge is -2.10. The van der Waals surface area contributed by atoms with Crippen molar-refractivity contribution in [2.75, 3.05) is 6.54 Å². The van der Waals surface area contributed by atoms with Crippen LogP contribution in [0.4, 0.5) is 0 Å². The molecule has 0 heterocycles. The van der Waals surface area contributed by atoms with E-state index in [0.29, 0.717) is 5.92 Å². The first-order valence-corrected chi connectivity index (χ1v) is 4.48. The highest BCUT2D eigenvalue weighted by Gasteiger charge is 2.03. The van der Waals surface area contributed by atoms with E-state index in [9.17, 15) is 0 Å². The standard InChI is InChI=1S/C10H14ClN/c1-8(7-12-2)9-3-5-10(11)6-4-9/h3-6,8H,2,7,12H2,1H3. The molecule has 0 amide bonds. The molecule has 2 heteroatoms. The van der Waals surface area contributed by atoms with Gasteiger partial charge in [-0.25, -0.2) is 0 Å². The van der Waals surface area contributed by atoms with Crippen LogP contribution in [0.15, 0.2) is 24.3 Å². The molecule has 1 atom stereocenters. The minimum absolute atomic E-state index is 0.541. The van der Waals surface area contributed by atoms with E-state index in [0.717, 1.165) is 11.6 Å². The maximum atomic E-state index is 5.77. The van der Waals surface area contributed by atoms with Gasteiger partial charge in [0.15, 0.2) is 0 Å². The summed E-state index contributed by atoms with van der Waals surface area (Å²) < 4.78 is 0. The van der Waals surface area contributed by atoms with Crippen molar-refractivity contribution in [1.29, 1.82) is 0 Å². The first-order chi connectivity index (χ1) is 5.74. The highest BCUT2D eigenvalue weighted by molar-refractivity contribution is 6.30. The Labute approximate surface area is 78.7 Å². The van der Waals surface area contributed by atoms with Gasteiger partial charge in [0.05, 0.1) is 6.54 Å². The fraction of sp³-hybridized carbons (Fsp3) is 0.300. The average Bonchev–Trinajstić information content (AvgIpc) is 2.06. The van der Waals surface area contributed by atoms with Crippen LogP contribution >= 0.6 is 11.6 Å². The lowest BCUT2D eigenvalue weighted by molar-refractivity contribution is -0.597. The van der Waals surface area contributed by atoms with E-state index in [1.54, 1.807) is 0 Å². The number of rotatable bonds is 3. The van der Waals surface area contributed by atoms with E-state index in [4.69, 9.17) is 11.6 Å².